The highest BCUT2D eigenvalue weighted by atomic mass is 32.1. The molecule has 0 aliphatic rings. The Morgan fingerprint density at radius 2 is 2.00 bits per heavy atom. The molecule has 3 heterocycles. The number of hydrogen-bond donors (Lipinski definition) is 1. The van der Waals surface area contributed by atoms with Crippen LogP contribution in [0.25, 0.3) is 15.9 Å². The van der Waals surface area contributed by atoms with Gasteiger partial charge in [0.15, 0.2) is 0 Å². The quantitative estimate of drug-likeness (QED) is 0.628. The number of thiazole rings is 1. The highest BCUT2D eigenvalue weighted by Crippen LogP contribution is 2.21. The van der Waals surface area contributed by atoms with Crippen molar-refractivity contribution >= 4 is 33.1 Å². The lowest BCUT2D eigenvalue weighted by Crippen LogP contribution is -2.24. The molecule has 5 nitrogen and oxygen atoms in total. The Balaban J connectivity index is 1.41. The van der Waals surface area contributed by atoms with Gasteiger partial charge < -0.3 is 9.72 Å². The second-order valence-electron chi connectivity index (χ2n) is 5.23. The molecule has 3 aromatic heterocycles. The van der Waals surface area contributed by atoms with E-state index in [-0.39, 0.29) is 12.3 Å². The van der Waals surface area contributed by atoms with Crippen LogP contribution in [0.5, 0.6) is 0 Å². The first-order chi connectivity index (χ1) is 11.3. The molecule has 1 amide bonds. The van der Waals surface area contributed by atoms with Crippen LogP contribution >= 0.6 is 11.3 Å². The van der Waals surface area contributed by atoms with E-state index < -0.39 is 0 Å². The van der Waals surface area contributed by atoms with E-state index >= 15 is 0 Å². The number of rotatable bonds is 4. The fraction of sp³-hybridized carbons (Fsp3) is 0.118. The first kappa shape index (κ1) is 13.9. The zero-order chi connectivity index (χ0) is 15.6. The van der Waals surface area contributed by atoms with Gasteiger partial charge in [-0.15, -0.1) is 11.3 Å². The number of benzene rings is 1. The maximum absolute atomic E-state index is 12.1. The van der Waals surface area contributed by atoms with Crippen LogP contribution in [0.1, 0.15) is 10.7 Å². The number of imidazole rings is 1. The average molecular weight is 322 g/mol. The van der Waals surface area contributed by atoms with E-state index in [0.29, 0.717) is 6.54 Å². The lowest BCUT2D eigenvalue weighted by Gasteiger charge is -2.00. The van der Waals surface area contributed by atoms with Gasteiger partial charge in [-0.3, -0.25) is 4.79 Å². The van der Waals surface area contributed by atoms with Crippen LogP contribution in [0.4, 0.5) is 0 Å². The predicted octanol–water partition coefficient (Wildman–Crippen LogP) is 2.80. The topological polar surface area (TPSA) is 59.3 Å². The summed E-state index contributed by atoms with van der Waals surface area (Å²) in [6.45, 7) is 0.450. The van der Waals surface area contributed by atoms with Gasteiger partial charge in [0.25, 0.3) is 0 Å². The summed E-state index contributed by atoms with van der Waals surface area (Å²) in [7, 11) is 0. The first-order valence-corrected chi connectivity index (χ1v) is 8.13. The number of nitrogens with one attached hydrogen (secondary N) is 1. The van der Waals surface area contributed by atoms with E-state index in [9.17, 15) is 4.79 Å². The Bertz CT molecular complexity index is 922. The Morgan fingerprint density at radius 3 is 2.87 bits per heavy atom. The molecule has 23 heavy (non-hydrogen) atoms. The summed E-state index contributed by atoms with van der Waals surface area (Å²) < 4.78 is 3.05. The third-order valence-corrected chi connectivity index (χ3v) is 4.57. The van der Waals surface area contributed by atoms with E-state index in [2.05, 4.69) is 15.3 Å². The summed E-state index contributed by atoms with van der Waals surface area (Å²) in [6.07, 6.45) is 4.07. The van der Waals surface area contributed by atoms with Gasteiger partial charge in [0, 0.05) is 12.4 Å². The number of aromatic nitrogens is 3. The first-order valence-electron chi connectivity index (χ1n) is 7.32. The van der Waals surface area contributed by atoms with Gasteiger partial charge in [0.1, 0.15) is 10.7 Å². The molecule has 4 aromatic rings. The summed E-state index contributed by atoms with van der Waals surface area (Å²) in [6, 6.07) is 13.8. The third kappa shape index (κ3) is 2.93. The summed E-state index contributed by atoms with van der Waals surface area (Å²) in [5.74, 6) is -0.0485. The summed E-state index contributed by atoms with van der Waals surface area (Å²) in [4.78, 5) is 21.0. The van der Waals surface area contributed by atoms with Crippen molar-refractivity contribution in [2.75, 3.05) is 0 Å². The summed E-state index contributed by atoms with van der Waals surface area (Å²) in [5, 5.41) is 3.82. The predicted molar refractivity (Wildman–Crippen MR) is 90.4 cm³/mol. The van der Waals surface area contributed by atoms with E-state index in [1.165, 1.54) is 0 Å². The van der Waals surface area contributed by atoms with Crippen LogP contribution in [0.2, 0.25) is 0 Å². The molecule has 0 unspecified atom stereocenters. The minimum Gasteiger partial charge on any atom is -0.349 e. The Hall–Kier alpha value is -2.73. The minimum absolute atomic E-state index is 0.0485. The summed E-state index contributed by atoms with van der Waals surface area (Å²) >= 11 is 1.60. The molecule has 0 bridgehead atoms. The van der Waals surface area contributed by atoms with Gasteiger partial charge in [-0.05, 0) is 24.3 Å². The molecule has 0 radical (unpaired) electrons. The van der Waals surface area contributed by atoms with Crippen molar-refractivity contribution in [2.45, 2.75) is 13.0 Å². The number of para-hydroxylation sites is 1. The number of pyridine rings is 1. The molecule has 1 aromatic carbocycles. The highest BCUT2D eigenvalue weighted by molar-refractivity contribution is 7.18. The maximum atomic E-state index is 12.1. The number of carbonyl (C=O) groups excluding carboxylic acids is 1. The second-order valence-corrected chi connectivity index (χ2v) is 6.34. The van der Waals surface area contributed by atoms with Gasteiger partial charge in [-0.25, -0.2) is 9.97 Å². The number of fused-ring (bicyclic) bond motifs is 2. The van der Waals surface area contributed by atoms with Gasteiger partial charge in [-0.2, -0.15) is 0 Å². The Kier molecular flexibility index (Phi) is 3.51. The molecule has 0 spiro atoms. The molecule has 0 saturated carbocycles. The maximum Gasteiger partial charge on any atom is 0.226 e. The third-order valence-electron chi connectivity index (χ3n) is 3.53. The van der Waals surface area contributed by atoms with Crippen molar-refractivity contribution in [1.29, 1.82) is 0 Å². The van der Waals surface area contributed by atoms with Gasteiger partial charge in [-0.1, -0.05) is 18.2 Å². The van der Waals surface area contributed by atoms with Crippen molar-refractivity contribution in [1.82, 2.24) is 19.7 Å². The molecule has 0 saturated heterocycles. The highest BCUT2D eigenvalue weighted by Gasteiger charge is 2.09. The fourth-order valence-electron chi connectivity index (χ4n) is 2.47. The molecule has 0 fully saturated rings. The Labute approximate surface area is 136 Å². The van der Waals surface area contributed by atoms with Crippen LogP contribution in [0, 0.1) is 0 Å². The zero-order valence-corrected chi connectivity index (χ0v) is 13.1. The van der Waals surface area contributed by atoms with E-state index in [1.54, 1.807) is 11.3 Å². The minimum atomic E-state index is -0.0485. The van der Waals surface area contributed by atoms with E-state index in [0.717, 1.165) is 26.6 Å². The molecular formula is C17H14N4OS. The number of nitrogens with zero attached hydrogens (tertiary/aromatic N) is 3. The van der Waals surface area contributed by atoms with Crippen LogP contribution in [-0.2, 0) is 17.8 Å². The van der Waals surface area contributed by atoms with Crippen molar-refractivity contribution in [3.63, 3.8) is 0 Å². The van der Waals surface area contributed by atoms with Crippen LogP contribution in [0.15, 0.2) is 54.9 Å². The van der Waals surface area contributed by atoms with Crippen LogP contribution in [0.3, 0.4) is 0 Å². The SMILES string of the molecule is O=C(Cc1cn2ccccc2n1)NCc1nc2ccccc2s1. The summed E-state index contributed by atoms with van der Waals surface area (Å²) in [5.41, 5.74) is 2.58. The molecular weight excluding hydrogens is 308 g/mol. The smallest absolute Gasteiger partial charge is 0.226 e. The number of hydrogen-bond acceptors (Lipinski definition) is 4. The molecule has 1 N–H and O–H groups in total. The van der Waals surface area contributed by atoms with Crippen molar-refractivity contribution in [3.8, 4) is 0 Å². The van der Waals surface area contributed by atoms with Gasteiger partial charge >= 0.3 is 0 Å². The van der Waals surface area contributed by atoms with Gasteiger partial charge in [0.2, 0.25) is 5.91 Å². The molecule has 0 atom stereocenters. The number of carbonyl (C=O) groups is 1. The van der Waals surface area contributed by atoms with E-state index in [4.69, 9.17) is 0 Å². The number of amides is 1. The van der Waals surface area contributed by atoms with Crippen molar-refractivity contribution < 1.29 is 4.79 Å². The van der Waals surface area contributed by atoms with Crippen molar-refractivity contribution in [3.05, 3.63) is 65.6 Å². The van der Waals surface area contributed by atoms with Crippen LogP contribution in [-0.4, -0.2) is 20.3 Å². The molecule has 0 aliphatic carbocycles. The lowest BCUT2D eigenvalue weighted by molar-refractivity contribution is -0.120. The second kappa shape index (κ2) is 5.81. The molecule has 114 valence electrons. The average Bonchev–Trinajstić information content (AvgIpc) is 3.15. The Morgan fingerprint density at radius 1 is 1.13 bits per heavy atom. The van der Waals surface area contributed by atoms with E-state index in [1.807, 2.05) is 59.3 Å². The van der Waals surface area contributed by atoms with Crippen LogP contribution < -0.4 is 5.32 Å². The fourth-order valence-corrected chi connectivity index (χ4v) is 3.38. The lowest BCUT2D eigenvalue weighted by atomic mass is 10.3. The molecule has 4 rings (SSSR count). The normalized spacial score (nSPS) is 11.1. The monoisotopic (exact) mass is 322 g/mol. The molecule has 6 heteroatoms. The molecule has 0 aliphatic heterocycles. The van der Waals surface area contributed by atoms with Gasteiger partial charge in [0.05, 0.1) is 28.9 Å². The standard InChI is InChI=1S/C17H14N4OS/c22-16(9-12-11-21-8-4-3-7-15(21)19-12)18-10-17-20-13-5-1-2-6-14(13)23-17/h1-8,11H,9-10H2,(H,18,22). The zero-order valence-electron chi connectivity index (χ0n) is 12.3. The van der Waals surface area contributed by atoms with Crippen molar-refractivity contribution in [2.24, 2.45) is 0 Å². The largest absolute Gasteiger partial charge is 0.349 e.